The zero-order valence-electron chi connectivity index (χ0n) is 13.0. The molecule has 0 radical (unpaired) electrons. The van der Waals surface area contributed by atoms with Gasteiger partial charge < -0.3 is 5.32 Å². The van der Waals surface area contributed by atoms with Gasteiger partial charge in [-0.25, -0.2) is 4.68 Å². The van der Waals surface area contributed by atoms with Crippen molar-refractivity contribution < 1.29 is 18.0 Å². The maximum absolute atomic E-state index is 12.8. The summed E-state index contributed by atoms with van der Waals surface area (Å²) < 4.78 is 39.6. The molecule has 4 nitrogen and oxygen atoms in total. The van der Waals surface area contributed by atoms with Gasteiger partial charge in [-0.2, -0.15) is 18.3 Å². The van der Waals surface area contributed by atoms with Gasteiger partial charge in [0, 0.05) is 12.3 Å². The highest BCUT2D eigenvalue weighted by molar-refractivity contribution is 5.91. The largest absolute Gasteiger partial charge is 0.416 e. The van der Waals surface area contributed by atoms with Crippen LogP contribution in [-0.2, 0) is 17.4 Å². The SMILES string of the molecule is O=C(Cc1ccccc1)Nc1ccn(-c2cccc(C(F)(F)F)c2)n1. The van der Waals surface area contributed by atoms with E-state index in [1.54, 1.807) is 0 Å². The molecule has 0 bridgehead atoms. The average molecular weight is 345 g/mol. The summed E-state index contributed by atoms with van der Waals surface area (Å²) in [5.74, 6) is 0.0267. The lowest BCUT2D eigenvalue weighted by atomic mass is 10.1. The molecule has 0 fully saturated rings. The maximum atomic E-state index is 12.8. The molecule has 1 aromatic heterocycles. The van der Waals surface area contributed by atoms with Crippen LogP contribution in [-0.4, -0.2) is 15.7 Å². The topological polar surface area (TPSA) is 46.9 Å². The summed E-state index contributed by atoms with van der Waals surface area (Å²) in [6, 6.07) is 15.6. The summed E-state index contributed by atoms with van der Waals surface area (Å²) in [4.78, 5) is 12.0. The number of alkyl halides is 3. The van der Waals surface area contributed by atoms with Gasteiger partial charge in [0.2, 0.25) is 5.91 Å². The van der Waals surface area contributed by atoms with Gasteiger partial charge in [-0.1, -0.05) is 36.4 Å². The van der Waals surface area contributed by atoms with E-state index in [0.29, 0.717) is 0 Å². The lowest BCUT2D eigenvalue weighted by Crippen LogP contribution is -2.15. The summed E-state index contributed by atoms with van der Waals surface area (Å²) in [6.07, 6.45) is -2.74. The molecule has 25 heavy (non-hydrogen) atoms. The van der Waals surface area contributed by atoms with Gasteiger partial charge in [0.1, 0.15) is 0 Å². The molecule has 0 atom stereocenters. The van der Waals surface area contributed by atoms with Crippen LogP contribution in [0.25, 0.3) is 5.69 Å². The number of carbonyl (C=O) groups excluding carboxylic acids is 1. The van der Waals surface area contributed by atoms with Crippen LogP contribution in [0.2, 0.25) is 0 Å². The van der Waals surface area contributed by atoms with Gasteiger partial charge in [-0.15, -0.1) is 0 Å². The summed E-state index contributed by atoms with van der Waals surface area (Å²) >= 11 is 0. The quantitative estimate of drug-likeness (QED) is 0.775. The molecule has 0 spiro atoms. The Morgan fingerprint density at radius 2 is 1.80 bits per heavy atom. The Morgan fingerprint density at radius 1 is 1.04 bits per heavy atom. The number of benzene rings is 2. The zero-order valence-corrected chi connectivity index (χ0v) is 13.0. The van der Waals surface area contributed by atoms with Crippen LogP contribution in [0.5, 0.6) is 0 Å². The number of anilines is 1. The molecule has 3 rings (SSSR count). The fourth-order valence-electron chi connectivity index (χ4n) is 2.33. The minimum atomic E-state index is -4.42. The van der Waals surface area contributed by atoms with Crippen molar-refractivity contribution in [3.05, 3.63) is 78.0 Å². The molecular weight excluding hydrogens is 331 g/mol. The molecule has 0 aliphatic heterocycles. The number of hydrogen-bond acceptors (Lipinski definition) is 2. The lowest BCUT2D eigenvalue weighted by molar-refractivity contribution is -0.137. The van der Waals surface area contributed by atoms with Crippen LogP contribution in [0.4, 0.5) is 19.0 Å². The average Bonchev–Trinajstić information content (AvgIpc) is 3.03. The standard InChI is InChI=1S/C18H14F3N3O/c19-18(20,21)14-7-4-8-15(12-14)24-10-9-16(23-24)22-17(25)11-13-5-2-1-3-6-13/h1-10,12H,11H2,(H,22,23,25). The molecule has 7 heteroatoms. The van der Waals surface area contributed by atoms with E-state index in [-0.39, 0.29) is 23.8 Å². The first-order chi connectivity index (χ1) is 11.9. The van der Waals surface area contributed by atoms with E-state index in [0.717, 1.165) is 17.7 Å². The molecule has 1 heterocycles. The van der Waals surface area contributed by atoms with Crippen molar-refractivity contribution in [1.29, 1.82) is 0 Å². The van der Waals surface area contributed by atoms with E-state index in [1.165, 1.54) is 29.1 Å². The first-order valence-corrected chi connectivity index (χ1v) is 7.49. The Balaban J connectivity index is 1.71. The number of aromatic nitrogens is 2. The van der Waals surface area contributed by atoms with Gasteiger partial charge in [0.25, 0.3) is 0 Å². The van der Waals surface area contributed by atoms with E-state index in [1.807, 2.05) is 30.3 Å². The second kappa shape index (κ2) is 6.80. The van der Waals surface area contributed by atoms with E-state index in [9.17, 15) is 18.0 Å². The number of nitrogens with one attached hydrogen (secondary N) is 1. The molecular formula is C18H14F3N3O. The monoisotopic (exact) mass is 345 g/mol. The minimum absolute atomic E-state index is 0.192. The summed E-state index contributed by atoms with van der Waals surface area (Å²) in [5, 5.41) is 6.73. The van der Waals surface area contributed by atoms with Crippen molar-refractivity contribution in [2.24, 2.45) is 0 Å². The van der Waals surface area contributed by atoms with Crippen LogP contribution < -0.4 is 5.32 Å². The van der Waals surface area contributed by atoms with Crippen LogP contribution in [0, 0.1) is 0 Å². The number of carbonyl (C=O) groups is 1. The molecule has 1 N–H and O–H groups in total. The van der Waals surface area contributed by atoms with Gasteiger partial charge in [-0.05, 0) is 23.8 Å². The predicted octanol–water partition coefficient (Wildman–Crippen LogP) is 4.07. The fourth-order valence-corrected chi connectivity index (χ4v) is 2.33. The first kappa shape index (κ1) is 16.8. The van der Waals surface area contributed by atoms with Gasteiger partial charge >= 0.3 is 6.18 Å². The minimum Gasteiger partial charge on any atom is -0.309 e. The molecule has 0 saturated carbocycles. The first-order valence-electron chi connectivity index (χ1n) is 7.49. The van der Waals surface area contributed by atoms with Crippen LogP contribution in [0.3, 0.4) is 0 Å². The highest BCUT2D eigenvalue weighted by Gasteiger charge is 2.30. The number of amides is 1. The molecule has 0 aliphatic carbocycles. The molecule has 3 aromatic rings. The van der Waals surface area contributed by atoms with E-state index < -0.39 is 11.7 Å². The summed E-state index contributed by atoms with van der Waals surface area (Å²) in [6.45, 7) is 0. The van der Waals surface area contributed by atoms with Crippen LogP contribution in [0.1, 0.15) is 11.1 Å². The lowest BCUT2D eigenvalue weighted by Gasteiger charge is -2.08. The number of rotatable bonds is 4. The van der Waals surface area contributed by atoms with Gasteiger partial charge in [0.15, 0.2) is 5.82 Å². The Morgan fingerprint density at radius 3 is 2.52 bits per heavy atom. The third-order valence-corrected chi connectivity index (χ3v) is 3.50. The van der Waals surface area contributed by atoms with E-state index >= 15 is 0 Å². The second-order valence-electron chi connectivity index (χ2n) is 5.40. The second-order valence-corrected chi connectivity index (χ2v) is 5.40. The highest BCUT2D eigenvalue weighted by Crippen LogP contribution is 2.30. The summed E-state index contributed by atoms with van der Waals surface area (Å²) in [7, 11) is 0. The summed E-state index contributed by atoms with van der Waals surface area (Å²) in [5.41, 5.74) is 0.367. The molecule has 0 aliphatic rings. The van der Waals surface area contributed by atoms with Crippen LogP contribution >= 0.6 is 0 Å². The van der Waals surface area contributed by atoms with E-state index in [2.05, 4.69) is 10.4 Å². The molecule has 0 unspecified atom stereocenters. The van der Waals surface area contributed by atoms with Crippen molar-refractivity contribution >= 4 is 11.7 Å². The third kappa shape index (κ3) is 4.26. The number of halogens is 3. The smallest absolute Gasteiger partial charge is 0.309 e. The van der Waals surface area contributed by atoms with E-state index in [4.69, 9.17) is 0 Å². The van der Waals surface area contributed by atoms with Crippen molar-refractivity contribution in [3.63, 3.8) is 0 Å². The zero-order chi connectivity index (χ0) is 17.9. The van der Waals surface area contributed by atoms with Crippen molar-refractivity contribution in [2.45, 2.75) is 12.6 Å². The Labute approximate surface area is 141 Å². The predicted molar refractivity (Wildman–Crippen MR) is 87.3 cm³/mol. The van der Waals surface area contributed by atoms with Crippen molar-refractivity contribution in [3.8, 4) is 5.69 Å². The molecule has 128 valence electrons. The van der Waals surface area contributed by atoms with Crippen molar-refractivity contribution in [2.75, 3.05) is 5.32 Å². The van der Waals surface area contributed by atoms with Crippen LogP contribution in [0.15, 0.2) is 66.9 Å². The Hall–Kier alpha value is -3.09. The van der Waals surface area contributed by atoms with Gasteiger partial charge in [0.05, 0.1) is 17.7 Å². The Bertz CT molecular complexity index is 873. The molecule has 0 saturated heterocycles. The Kier molecular flexibility index (Phi) is 4.56. The normalized spacial score (nSPS) is 11.3. The maximum Gasteiger partial charge on any atom is 0.416 e. The molecule has 1 amide bonds. The fraction of sp³-hybridized carbons (Fsp3) is 0.111. The highest BCUT2D eigenvalue weighted by atomic mass is 19.4. The molecule has 2 aromatic carbocycles. The van der Waals surface area contributed by atoms with Gasteiger partial charge in [-0.3, -0.25) is 4.79 Å². The number of nitrogens with zero attached hydrogens (tertiary/aromatic N) is 2. The van der Waals surface area contributed by atoms with Crippen molar-refractivity contribution in [1.82, 2.24) is 9.78 Å². The number of hydrogen-bond donors (Lipinski definition) is 1. The third-order valence-electron chi connectivity index (χ3n) is 3.50.